The van der Waals surface area contributed by atoms with E-state index in [1.807, 2.05) is 25.1 Å². The number of benzene rings is 1. The van der Waals surface area contributed by atoms with E-state index in [9.17, 15) is 9.59 Å². The Kier molecular flexibility index (Phi) is 5.16. The third kappa shape index (κ3) is 3.95. The molecule has 0 aromatic heterocycles. The summed E-state index contributed by atoms with van der Waals surface area (Å²) in [4.78, 5) is 22.7. The number of methoxy groups -OCH3 is 1. The molecule has 6 nitrogen and oxygen atoms in total. The first-order chi connectivity index (χ1) is 10.1. The Balaban J connectivity index is 1.98. The van der Waals surface area contributed by atoms with Gasteiger partial charge in [0, 0.05) is 13.0 Å². The number of amides is 2. The Morgan fingerprint density at radius 1 is 1.33 bits per heavy atom. The molecule has 1 fully saturated rings. The van der Waals surface area contributed by atoms with Crippen molar-refractivity contribution in [3.63, 3.8) is 0 Å². The van der Waals surface area contributed by atoms with Crippen LogP contribution < -0.4 is 20.1 Å². The number of carbonyl (C=O) groups excluding carboxylic acids is 2. The van der Waals surface area contributed by atoms with Gasteiger partial charge >= 0.3 is 0 Å². The van der Waals surface area contributed by atoms with Crippen molar-refractivity contribution in [2.75, 3.05) is 13.7 Å². The third-order valence-electron chi connectivity index (χ3n) is 3.32. The lowest BCUT2D eigenvalue weighted by atomic mass is 10.1. The summed E-state index contributed by atoms with van der Waals surface area (Å²) >= 11 is 0. The molecule has 0 aliphatic carbocycles. The minimum atomic E-state index is -0.333. The van der Waals surface area contributed by atoms with E-state index in [1.54, 1.807) is 7.11 Å². The number of nitrogens with one attached hydrogen (secondary N) is 2. The van der Waals surface area contributed by atoms with Crippen molar-refractivity contribution in [3.8, 4) is 11.5 Å². The average molecular weight is 292 g/mol. The number of imide groups is 1. The first kappa shape index (κ1) is 15.3. The van der Waals surface area contributed by atoms with Gasteiger partial charge in [-0.15, -0.1) is 0 Å². The quantitative estimate of drug-likeness (QED) is 0.765. The molecule has 1 aliphatic rings. The number of ether oxygens (including phenoxy) is 2. The fourth-order valence-electron chi connectivity index (χ4n) is 2.23. The third-order valence-corrected chi connectivity index (χ3v) is 3.32. The number of hydrogen-bond donors (Lipinski definition) is 2. The molecule has 1 saturated heterocycles. The van der Waals surface area contributed by atoms with Crippen molar-refractivity contribution in [2.45, 2.75) is 32.4 Å². The molecular formula is C15H20N2O4. The van der Waals surface area contributed by atoms with Gasteiger partial charge in [-0.3, -0.25) is 14.9 Å². The highest BCUT2D eigenvalue weighted by Crippen LogP contribution is 2.28. The van der Waals surface area contributed by atoms with Crippen molar-refractivity contribution in [3.05, 3.63) is 23.8 Å². The first-order valence-electron chi connectivity index (χ1n) is 7.00. The van der Waals surface area contributed by atoms with Crippen LogP contribution in [0.1, 0.15) is 25.3 Å². The SMILES string of the molecule is CCOc1cc(CNC2CCC(=O)NC2=O)ccc1OC. The second kappa shape index (κ2) is 7.08. The molecule has 1 aliphatic heterocycles. The highest BCUT2D eigenvalue weighted by Gasteiger charge is 2.25. The van der Waals surface area contributed by atoms with E-state index in [-0.39, 0.29) is 17.9 Å². The molecule has 1 atom stereocenters. The molecule has 0 saturated carbocycles. The van der Waals surface area contributed by atoms with Crippen LogP contribution in [0.5, 0.6) is 11.5 Å². The molecule has 2 N–H and O–H groups in total. The zero-order valence-electron chi connectivity index (χ0n) is 12.3. The first-order valence-corrected chi connectivity index (χ1v) is 7.00. The van der Waals surface area contributed by atoms with Crippen molar-refractivity contribution < 1.29 is 19.1 Å². The monoisotopic (exact) mass is 292 g/mol. The second-order valence-electron chi connectivity index (χ2n) is 4.80. The Labute approximate surface area is 123 Å². The van der Waals surface area contributed by atoms with Crippen LogP contribution in [0.4, 0.5) is 0 Å². The molecule has 1 heterocycles. The molecule has 21 heavy (non-hydrogen) atoms. The largest absolute Gasteiger partial charge is 0.493 e. The molecule has 6 heteroatoms. The summed E-state index contributed by atoms with van der Waals surface area (Å²) < 4.78 is 10.7. The zero-order chi connectivity index (χ0) is 15.2. The van der Waals surface area contributed by atoms with Crippen LogP contribution in [-0.4, -0.2) is 31.6 Å². The van der Waals surface area contributed by atoms with Crippen LogP contribution in [0.25, 0.3) is 0 Å². The molecule has 2 rings (SSSR count). The maximum Gasteiger partial charge on any atom is 0.243 e. The van der Waals surface area contributed by atoms with Gasteiger partial charge in [-0.2, -0.15) is 0 Å². The van der Waals surface area contributed by atoms with Gasteiger partial charge in [-0.25, -0.2) is 0 Å². The van der Waals surface area contributed by atoms with Crippen LogP contribution in [0, 0.1) is 0 Å². The summed E-state index contributed by atoms with van der Waals surface area (Å²) in [5.41, 5.74) is 0.990. The minimum Gasteiger partial charge on any atom is -0.493 e. The van der Waals surface area contributed by atoms with Crippen LogP contribution >= 0.6 is 0 Å². The van der Waals surface area contributed by atoms with Crippen LogP contribution in [0.15, 0.2) is 18.2 Å². The Bertz CT molecular complexity index is 530. The molecule has 0 bridgehead atoms. The molecule has 114 valence electrons. The van der Waals surface area contributed by atoms with Crippen molar-refractivity contribution in [1.82, 2.24) is 10.6 Å². The van der Waals surface area contributed by atoms with Crippen LogP contribution in [-0.2, 0) is 16.1 Å². The number of rotatable bonds is 6. The standard InChI is InChI=1S/C15H20N2O4/c1-3-21-13-8-10(4-6-12(13)20-2)9-16-11-5-7-14(18)17-15(11)19/h4,6,8,11,16H,3,5,7,9H2,1-2H3,(H,17,18,19). The second-order valence-corrected chi connectivity index (χ2v) is 4.80. The topological polar surface area (TPSA) is 76.7 Å². The lowest BCUT2D eigenvalue weighted by Gasteiger charge is -2.22. The summed E-state index contributed by atoms with van der Waals surface area (Å²) in [6, 6.07) is 5.31. The van der Waals surface area contributed by atoms with E-state index < -0.39 is 0 Å². The van der Waals surface area contributed by atoms with Crippen molar-refractivity contribution in [2.24, 2.45) is 0 Å². The summed E-state index contributed by atoms with van der Waals surface area (Å²) in [6.07, 6.45) is 0.898. The smallest absolute Gasteiger partial charge is 0.243 e. The van der Waals surface area contributed by atoms with E-state index >= 15 is 0 Å². The minimum absolute atomic E-state index is 0.207. The molecular weight excluding hydrogens is 272 g/mol. The van der Waals surface area contributed by atoms with Gasteiger partial charge in [0.2, 0.25) is 11.8 Å². The molecule has 1 aromatic rings. The fourth-order valence-corrected chi connectivity index (χ4v) is 2.23. The van der Waals surface area contributed by atoms with E-state index in [4.69, 9.17) is 9.47 Å². The van der Waals surface area contributed by atoms with Crippen molar-refractivity contribution >= 4 is 11.8 Å². The Hall–Kier alpha value is -2.08. The van der Waals surface area contributed by atoms with E-state index in [1.165, 1.54) is 0 Å². The molecule has 0 spiro atoms. The zero-order valence-corrected chi connectivity index (χ0v) is 12.3. The summed E-state index contributed by atoms with van der Waals surface area (Å²) in [5, 5.41) is 5.48. The van der Waals surface area contributed by atoms with Gasteiger partial charge in [-0.1, -0.05) is 6.07 Å². The number of piperidine rings is 1. The maximum absolute atomic E-state index is 11.7. The fraction of sp³-hybridized carbons (Fsp3) is 0.467. The predicted molar refractivity (Wildman–Crippen MR) is 77.2 cm³/mol. The lowest BCUT2D eigenvalue weighted by Crippen LogP contribution is -2.50. The predicted octanol–water partition coefficient (Wildman–Crippen LogP) is 0.989. The van der Waals surface area contributed by atoms with Gasteiger partial charge in [0.05, 0.1) is 19.8 Å². The maximum atomic E-state index is 11.7. The van der Waals surface area contributed by atoms with Gasteiger partial charge in [0.15, 0.2) is 11.5 Å². The summed E-state index contributed by atoms with van der Waals surface area (Å²) in [7, 11) is 1.60. The Morgan fingerprint density at radius 2 is 2.14 bits per heavy atom. The molecule has 1 aromatic carbocycles. The van der Waals surface area contributed by atoms with E-state index in [0.717, 1.165) is 5.56 Å². The molecule has 0 radical (unpaired) electrons. The molecule has 1 unspecified atom stereocenters. The van der Waals surface area contributed by atoms with E-state index in [0.29, 0.717) is 37.5 Å². The highest BCUT2D eigenvalue weighted by molar-refractivity contribution is 6.00. The van der Waals surface area contributed by atoms with Gasteiger partial charge in [0.1, 0.15) is 0 Å². The van der Waals surface area contributed by atoms with Crippen LogP contribution in [0.2, 0.25) is 0 Å². The van der Waals surface area contributed by atoms with Gasteiger partial charge in [-0.05, 0) is 31.0 Å². The lowest BCUT2D eigenvalue weighted by molar-refractivity contribution is -0.134. The number of carbonyl (C=O) groups is 2. The highest BCUT2D eigenvalue weighted by atomic mass is 16.5. The Morgan fingerprint density at radius 3 is 2.81 bits per heavy atom. The van der Waals surface area contributed by atoms with Crippen molar-refractivity contribution in [1.29, 1.82) is 0 Å². The van der Waals surface area contributed by atoms with Gasteiger partial charge in [0.25, 0.3) is 0 Å². The summed E-state index contributed by atoms with van der Waals surface area (Å²) in [6.45, 7) is 2.99. The van der Waals surface area contributed by atoms with Gasteiger partial charge < -0.3 is 14.8 Å². The average Bonchev–Trinajstić information content (AvgIpc) is 2.47. The summed E-state index contributed by atoms with van der Waals surface area (Å²) in [5.74, 6) is 0.898. The number of hydrogen-bond acceptors (Lipinski definition) is 5. The van der Waals surface area contributed by atoms with Crippen LogP contribution in [0.3, 0.4) is 0 Å². The van der Waals surface area contributed by atoms with E-state index in [2.05, 4.69) is 10.6 Å². The molecule has 2 amide bonds. The normalized spacial score (nSPS) is 18.3.